The molecule has 0 aliphatic carbocycles. The van der Waals surface area contributed by atoms with E-state index in [4.69, 9.17) is 21.8 Å². The van der Waals surface area contributed by atoms with E-state index in [1.54, 1.807) is 0 Å². The standard InChI is InChI=1S/C14H19ClN2O/c1-8-5-9(15)6-10-13(8)18-12(17-10)7-11(16)14(2,3)4/h5-6,11H,7,16H2,1-4H3. The number of aromatic nitrogens is 1. The van der Waals surface area contributed by atoms with Crippen molar-refractivity contribution in [2.75, 3.05) is 0 Å². The Balaban J connectivity index is 2.34. The fourth-order valence-electron chi connectivity index (χ4n) is 1.78. The van der Waals surface area contributed by atoms with E-state index in [1.165, 1.54) is 0 Å². The van der Waals surface area contributed by atoms with E-state index in [0.717, 1.165) is 16.7 Å². The molecule has 0 saturated carbocycles. The van der Waals surface area contributed by atoms with Crippen molar-refractivity contribution in [3.63, 3.8) is 0 Å². The molecule has 0 spiro atoms. The summed E-state index contributed by atoms with van der Waals surface area (Å²) in [4.78, 5) is 4.46. The Morgan fingerprint density at radius 2 is 2.06 bits per heavy atom. The van der Waals surface area contributed by atoms with Crippen molar-refractivity contribution in [3.05, 3.63) is 28.6 Å². The number of benzene rings is 1. The van der Waals surface area contributed by atoms with Gasteiger partial charge in [-0.2, -0.15) is 0 Å². The normalized spacial score (nSPS) is 14.1. The Kier molecular flexibility index (Phi) is 3.39. The van der Waals surface area contributed by atoms with E-state index in [-0.39, 0.29) is 11.5 Å². The molecule has 1 unspecified atom stereocenters. The molecular weight excluding hydrogens is 248 g/mol. The van der Waals surface area contributed by atoms with Crippen molar-refractivity contribution in [3.8, 4) is 0 Å². The van der Waals surface area contributed by atoms with Crippen LogP contribution in [0.5, 0.6) is 0 Å². The van der Waals surface area contributed by atoms with E-state index < -0.39 is 0 Å². The van der Waals surface area contributed by atoms with Crippen molar-refractivity contribution < 1.29 is 4.42 Å². The molecule has 0 amide bonds. The Morgan fingerprint density at radius 1 is 1.39 bits per heavy atom. The van der Waals surface area contributed by atoms with Crippen LogP contribution in [0.15, 0.2) is 16.5 Å². The molecule has 0 saturated heterocycles. The fraction of sp³-hybridized carbons (Fsp3) is 0.500. The molecular formula is C14H19ClN2O. The summed E-state index contributed by atoms with van der Waals surface area (Å²) >= 11 is 6.01. The SMILES string of the molecule is Cc1cc(Cl)cc2nc(CC(N)C(C)(C)C)oc12. The number of oxazole rings is 1. The minimum Gasteiger partial charge on any atom is -0.440 e. The number of nitrogens with zero attached hydrogens (tertiary/aromatic N) is 1. The van der Waals surface area contributed by atoms with Gasteiger partial charge in [0.25, 0.3) is 0 Å². The summed E-state index contributed by atoms with van der Waals surface area (Å²) in [5.74, 6) is 0.679. The highest BCUT2D eigenvalue weighted by Crippen LogP contribution is 2.26. The lowest BCUT2D eigenvalue weighted by Crippen LogP contribution is -2.36. The van der Waals surface area contributed by atoms with Gasteiger partial charge in [-0.05, 0) is 30.0 Å². The third kappa shape index (κ3) is 2.68. The first-order valence-corrected chi connectivity index (χ1v) is 6.46. The van der Waals surface area contributed by atoms with Gasteiger partial charge in [-0.25, -0.2) is 4.98 Å². The van der Waals surface area contributed by atoms with Crippen molar-refractivity contribution in [1.82, 2.24) is 4.98 Å². The Hall–Kier alpha value is -1.06. The monoisotopic (exact) mass is 266 g/mol. The van der Waals surface area contributed by atoms with Gasteiger partial charge < -0.3 is 10.2 Å². The Labute approximate surface area is 112 Å². The number of aryl methyl sites for hydroxylation is 1. The van der Waals surface area contributed by atoms with Crippen LogP contribution < -0.4 is 5.73 Å². The van der Waals surface area contributed by atoms with Gasteiger partial charge >= 0.3 is 0 Å². The average Bonchev–Trinajstić information content (AvgIpc) is 2.58. The zero-order valence-electron chi connectivity index (χ0n) is 11.2. The first kappa shape index (κ1) is 13.4. The second-order valence-electron chi connectivity index (χ2n) is 5.86. The highest BCUT2D eigenvalue weighted by molar-refractivity contribution is 6.31. The van der Waals surface area contributed by atoms with Gasteiger partial charge in [-0.3, -0.25) is 0 Å². The number of rotatable bonds is 2. The molecule has 0 fully saturated rings. The van der Waals surface area contributed by atoms with Gasteiger partial charge in [0.15, 0.2) is 11.5 Å². The third-order valence-corrected chi connectivity index (χ3v) is 3.41. The van der Waals surface area contributed by atoms with E-state index in [9.17, 15) is 0 Å². The van der Waals surface area contributed by atoms with Crippen LogP contribution >= 0.6 is 11.6 Å². The maximum atomic E-state index is 6.15. The minimum atomic E-state index is 0.0151. The van der Waals surface area contributed by atoms with Crippen LogP contribution in [0.3, 0.4) is 0 Å². The molecule has 0 radical (unpaired) electrons. The lowest BCUT2D eigenvalue weighted by Gasteiger charge is -2.25. The quantitative estimate of drug-likeness (QED) is 0.902. The summed E-state index contributed by atoms with van der Waals surface area (Å²) in [6.07, 6.45) is 0.634. The predicted molar refractivity (Wildman–Crippen MR) is 74.9 cm³/mol. The van der Waals surface area contributed by atoms with E-state index in [0.29, 0.717) is 17.3 Å². The van der Waals surface area contributed by atoms with Gasteiger partial charge in [0.05, 0.1) is 0 Å². The summed E-state index contributed by atoms with van der Waals surface area (Å²) in [6, 6.07) is 3.71. The van der Waals surface area contributed by atoms with Crippen LogP contribution in [0.1, 0.15) is 32.2 Å². The van der Waals surface area contributed by atoms with Crippen LogP contribution in [0.2, 0.25) is 5.02 Å². The molecule has 3 nitrogen and oxygen atoms in total. The molecule has 98 valence electrons. The predicted octanol–water partition coefficient (Wildman–Crippen LogP) is 3.71. The molecule has 0 aliphatic rings. The zero-order chi connectivity index (χ0) is 13.5. The number of fused-ring (bicyclic) bond motifs is 1. The molecule has 1 aromatic heterocycles. The van der Waals surface area contributed by atoms with Crippen molar-refractivity contribution in [1.29, 1.82) is 0 Å². The summed E-state index contributed by atoms with van der Waals surface area (Å²) in [7, 11) is 0. The van der Waals surface area contributed by atoms with E-state index in [1.807, 2.05) is 19.1 Å². The topological polar surface area (TPSA) is 52.0 Å². The summed E-state index contributed by atoms with van der Waals surface area (Å²) in [6.45, 7) is 8.31. The van der Waals surface area contributed by atoms with Crippen molar-refractivity contribution >= 4 is 22.7 Å². The Bertz CT molecular complexity index is 569. The van der Waals surface area contributed by atoms with Crippen molar-refractivity contribution in [2.24, 2.45) is 11.1 Å². The largest absolute Gasteiger partial charge is 0.440 e. The molecule has 2 rings (SSSR count). The summed E-state index contributed by atoms with van der Waals surface area (Å²) < 4.78 is 5.77. The molecule has 0 bridgehead atoms. The number of hydrogen-bond donors (Lipinski definition) is 1. The molecule has 1 heterocycles. The molecule has 1 atom stereocenters. The van der Waals surface area contributed by atoms with Gasteiger partial charge in [0.1, 0.15) is 5.52 Å². The smallest absolute Gasteiger partial charge is 0.197 e. The number of nitrogens with two attached hydrogens (primary N) is 1. The molecule has 18 heavy (non-hydrogen) atoms. The van der Waals surface area contributed by atoms with E-state index >= 15 is 0 Å². The highest BCUT2D eigenvalue weighted by Gasteiger charge is 2.23. The van der Waals surface area contributed by atoms with Gasteiger partial charge in [0.2, 0.25) is 0 Å². The maximum Gasteiger partial charge on any atom is 0.197 e. The second-order valence-corrected chi connectivity index (χ2v) is 6.29. The van der Waals surface area contributed by atoms with Gasteiger partial charge in [0, 0.05) is 17.5 Å². The first-order valence-electron chi connectivity index (χ1n) is 6.08. The molecule has 4 heteroatoms. The van der Waals surface area contributed by atoms with Gasteiger partial charge in [-0.1, -0.05) is 32.4 Å². The van der Waals surface area contributed by atoms with E-state index in [2.05, 4.69) is 25.8 Å². The average molecular weight is 267 g/mol. The zero-order valence-corrected chi connectivity index (χ0v) is 12.0. The van der Waals surface area contributed by atoms with Crippen LogP contribution in [0.4, 0.5) is 0 Å². The summed E-state index contributed by atoms with van der Waals surface area (Å²) in [5, 5.41) is 0.681. The van der Waals surface area contributed by atoms with Crippen LogP contribution in [0, 0.1) is 12.3 Å². The van der Waals surface area contributed by atoms with Crippen LogP contribution in [-0.4, -0.2) is 11.0 Å². The molecule has 2 aromatic rings. The lowest BCUT2D eigenvalue weighted by molar-refractivity contribution is 0.302. The first-order chi connectivity index (χ1) is 8.27. The molecule has 0 aliphatic heterocycles. The Morgan fingerprint density at radius 3 is 2.67 bits per heavy atom. The van der Waals surface area contributed by atoms with Gasteiger partial charge in [-0.15, -0.1) is 0 Å². The third-order valence-electron chi connectivity index (χ3n) is 3.19. The fourth-order valence-corrected chi connectivity index (χ4v) is 2.05. The lowest BCUT2D eigenvalue weighted by atomic mass is 9.85. The maximum absolute atomic E-state index is 6.15. The molecule has 2 N–H and O–H groups in total. The number of hydrogen-bond acceptors (Lipinski definition) is 3. The van der Waals surface area contributed by atoms with Crippen LogP contribution in [0.25, 0.3) is 11.1 Å². The highest BCUT2D eigenvalue weighted by atomic mass is 35.5. The number of halogens is 1. The molecule has 1 aromatic carbocycles. The second kappa shape index (κ2) is 4.56. The summed E-state index contributed by atoms with van der Waals surface area (Å²) in [5.41, 5.74) is 8.79. The minimum absolute atomic E-state index is 0.0151. The van der Waals surface area contributed by atoms with Crippen LogP contribution in [-0.2, 0) is 6.42 Å². The van der Waals surface area contributed by atoms with Crippen molar-refractivity contribution in [2.45, 2.75) is 40.2 Å².